The molecule has 0 fully saturated rings. The number of halogens is 2. The Labute approximate surface area is 156 Å². The summed E-state index contributed by atoms with van der Waals surface area (Å²) < 4.78 is 4.30. The number of rotatable bonds is 10. The highest BCUT2D eigenvalue weighted by Crippen LogP contribution is 2.27. The fourth-order valence-electron chi connectivity index (χ4n) is 2.91. The highest BCUT2D eigenvalue weighted by molar-refractivity contribution is 9.09. The fraction of sp³-hybridized carbons (Fsp3) is 0.647. The van der Waals surface area contributed by atoms with Crippen molar-refractivity contribution in [2.75, 3.05) is 0 Å². The zero-order chi connectivity index (χ0) is 16.7. The first-order valence-electron chi connectivity index (χ1n) is 8.43. The summed E-state index contributed by atoms with van der Waals surface area (Å²) in [7, 11) is 4.17. The number of imidazole rings is 2. The monoisotopic (exact) mass is 446 g/mol. The quantitative estimate of drug-likeness (QED) is 0.309. The van der Waals surface area contributed by atoms with Crippen molar-refractivity contribution < 1.29 is 9.13 Å². The Balaban J connectivity index is 1.53. The van der Waals surface area contributed by atoms with E-state index >= 15 is 0 Å². The molecule has 2 aromatic rings. The zero-order valence-electron chi connectivity index (χ0n) is 14.1. The second kappa shape index (κ2) is 9.62. The highest BCUT2D eigenvalue weighted by atomic mass is 79.9. The largest absolute Gasteiger partial charge is 0.267 e. The van der Waals surface area contributed by atoms with Gasteiger partial charge in [-0.1, -0.05) is 64.0 Å². The van der Waals surface area contributed by atoms with E-state index in [1.165, 1.54) is 56.6 Å². The van der Waals surface area contributed by atoms with Crippen molar-refractivity contribution in [2.45, 2.75) is 54.6 Å². The molecule has 2 atom stereocenters. The third-order valence-electron chi connectivity index (χ3n) is 4.33. The Morgan fingerprint density at radius 1 is 0.783 bits per heavy atom. The molecule has 2 N–H and O–H groups in total. The van der Waals surface area contributed by atoms with Crippen molar-refractivity contribution in [3.63, 3.8) is 0 Å². The molecule has 0 aliphatic rings. The van der Waals surface area contributed by atoms with E-state index < -0.39 is 0 Å². The van der Waals surface area contributed by atoms with Crippen molar-refractivity contribution in [3.8, 4) is 0 Å². The number of hydrogen-bond acceptors (Lipinski definition) is 0. The molecule has 4 nitrogen and oxygen atoms in total. The van der Waals surface area contributed by atoms with E-state index in [-0.39, 0.29) is 0 Å². The molecular weight excluding hydrogens is 420 g/mol. The van der Waals surface area contributed by atoms with E-state index in [4.69, 9.17) is 0 Å². The van der Waals surface area contributed by atoms with Gasteiger partial charge >= 0.3 is 0 Å². The van der Waals surface area contributed by atoms with Crippen LogP contribution in [0.5, 0.6) is 0 Å². The fourth-order valence-corrected chi connectivity index (χ4v) is 4.46. The molecule has 0 aliphatic heterocycles. The van der Waals surface area contributed by atoms with Gasteiger partial charge < -0.3 is 0 Å². The van der Waals surface area contributed by atoms with E-state index in [1.807, 2.05) is 12.4 Å². The van der Waals surface area contributed by atoms with Crippen LogP contribution in [0.4, 0.5) is 0 Å². The van der Waals surface area contributed by atoms with E-state index in [1.54, 1.807) is 0 Å². The van der Waals surface area contributed by atoms with Gasteiger partial charge in [0.25, 0.3) is 11.6 Å². The van der Waals surface area contributed by atoms with Crippen molar-refractivity contribution >= 4 is 31.9 Å². The second-order valence-electron chi connectivity index (χ2n) is 6.19. The molecule has 2 rings (SSSR count). The molecule has 0 saturated carbocycles. The summed E-state index contributed by atoms with van der Waals surface area (Å²) in [5, 5.41) is 0. The van der Waals surface area contributed by atoms with Crippen LogP contribution in [0.25, 0.3) is 0 Å². The minimum absolute atomic E-state index is 0.433. The summed E-state index contributed by atoms with van der Waals surface area (Å²) in [5.41, 5.74) is 0. The third kappa shape index (κ3) is 5.75. The number of unbranched alkanes of at least 4 members (excludes halogenated alkanes) is 4. The Morgan fingerprint density at radius 2 is 1.17 bits per heavy atom. The minimum atomic E-state index is 0.433. The predicted molar refractivity (Wildman–Crippen MR) is 99.6 cm³/mol. The summed E-state index contributed by atoms with van der Waals surface area (Å²) >= 11 is 7.57. The van der Waals surface area contributed by atoms with Gasteiger partial charge in [0.05, 0.1) is 14.1 Å². The zero-order valence-corrected chi connectivity index (χ0v) is 17.2. The maximum atomic E-state index is 3.78. The van der Waals surface area contributed by atoms with Gasteiger partial charge in [-0.2, -0.15) is 0 Å². The molecular formula is C17H28Br2N4+2. The Hall–Kier alpha value is -0.620. The molecule has 2 heterocycles. The molecule has 0 aromatic carbocycles. The Kier molecular flexibility index (Phi) is 7.83. The topological polar surface area (TPSA) is 39.3 Å². The first-order chi connectivity index (χ1) is 11.1. The van der Waals surface area contributed by atoms with Gasteiger partial charge in [-0.25, -0.2) is 19.1 Å². The van der Waals surface area contributed by atoms with Crippen molar-refractivity contribution in [1.82, 2.24) is 9.97 Å². The summed E-state index contributed by atoms with van der Waals surface area (Å²) in [6.07, 6.45) is 17.0. The molecule has 0 aliphatic carbocycles. The molecule has 23 heavy (non-hydrogen) atoms. The van der Waals surface area contributed by atoms with Crippen LogP contribution in [0.3, 0.4) is 0 Å². The average molecular weight is 448 g/mol. The Bertz CT molecular complexity index is 528. The lowest BCUT2D eigenvalue weighted by molar-refractivity contribution is -0.678. The number of aromatic amines is 2. The number of alkyl halides is 2. The molecule has 6 heteroatoms. The number of aromatic nitrogens is 4. The molecule has 0 bridgehead atoms. The van der Waals surface area contributed by atoms with Crippen LogP contribution >= 0.6 is 31.9 Å². The molecule has 0 saturated heterocycles. The van der Waals surface area contributed by atoms with E-state index in [2.05, 4.69) is 77.5 Å². The van der Waals surface area contributed by atoms with Gasteiger partial charge in [-0.3, -0.25) is 0 Å². The van der Waals surface area contributed by atoms with Crippen molar-refractivity contribution in [2.24, 2.45) is 14.1 Å². The number of hydrogen-bond donors (Lipinski definition) is 2. The van der Waals surface area contributed by atoms with Crippen LogP contribution in [-0.4, -0.2) is 9.97 Å². The molecule has 0 spiro atoms. The Morgan fingerprint density at radius 3 is 1.52 bits per heavy atom. The molecule has 2 unspecified atom stereocenters. The van der Waals surface area contributed by atoms with Crippen LogP contribution in [0.2, 0.25) is 0 Å². The van der Waals surface area contributed by atoms with Gasteiger partial charge in [0.2, 0.25) is 0 Å². The van der Waals surface area contributed by atoms with Gasteiger partial charge in [0.15, 0.2) is 0 Å². The molecule has 2 aromatic heterocycles. The van der Waals surface area contributed by atoms with Crippen molar-refractivity contribution in [1.29, 1.82) is 0 Å². The van der Waals surface area contributed by atoms with Crippen LogP contribution in [0, 0.1) is 0 Å². The number of nitrogens with zero attached hydrogens (tertiary/aromatic N) is 2. The molecule has 0 radical (unpaired) electrons. The maximum absolute atomic E-state index is 3.78. The number of nitrogens with one attached hydrogen (secondary N) is 2. The lowest BCUT2D eigenvalue weighted by atomic mass is 10.1. The van der Waals surface area contributed by atoms with Gasteiger partial charge in [0.1, 0.15) is 34.4 Å². The van der Waals surface area contributed by atoms with Gasteiger partial charge in [-0.05, 0) is 12.8 Å². The number of aryl methyl sites for hydroxylation is 2. The second-order valence-corrected chi connectivity index (χ2v) is 8.40. The first-order valence-corrected chi connectivity index (χ1v) is 10.3. The smallest absolute Gasteiger partial charge is 0.247 e. The standard InChI is InChI=1S/C17H26Br2N4/c1-22-12-10-20-16(22)14(18)8-6-4-3-5-7-9-15(19)17-21-11-13-23(17)2/h10-15H,3-9H2,1-2H3/p+2. The summed E-state index contributed by atoms with van der Waals surface area (Å²) in [4.78, 5) is 7.47. The van der Waals surface area contributed by atoms with E-state index in [9.17, 15) is 0 Å². The van der Waals surface area contributed by atoms with E-state index in [0.717, 1.165) is 0 Å². The van der Waals surface area contributed by atoms with Crippen LogP contribution < -0.4 is 9.13 Å². The third-order valence-corrected chi connectivity index (χ3v) is 6.11. The van der Waals surface area contributed by atoms with Crippen LogP contribution in [0.1, 0.15) is 66.2 Å². The van der Waals surface area contributed by atoms with Crippen LogP contribution in [0.15, 0.2) is 24.8 Å². The first kappa shape index (κ1) is 18.7. The predicted octanol–water partition coefficient (Wildman–Crippen LogP) is 4.29. The summed E-state index contributed by atoms with van der Waals surface area (Å²) in [5.74, 6) is 2.51. The summed E-state index contributed by atoms with van der Waals surface area (Å²) in [6, 6.07) is 0. The SMILES string of the molecule is C[n+]1cc[nH]c1C(Br)CCCCCCCC(Br)c1[nH]cc[n+]1C. The van der Waals surface area contributed by atoms with Gasteiger partial charge in [0, 0.05) is 0 Å². The number of H-pyrrole nitrogens is 2. The summed E-state index contributed by atoms with van der Waals surface area (Å²) in [6.45, 7) is 0. The van der Waals surface area contributed by atoms with E-state index in [0.29, 0.717) is 9.65 Å². The molecule has 128 valence electrons. The lowest BCUT2D eigenvalue weighted by Gasteiger charge is -2.07. The highest BCUT2D eigenvalue weighted by Gasteiger charge is 2.18. The normalized spacial score (nSPS) is 14.1. The van der Waals surface area contributed by atoms with Crippen LogP contribution in [-0.2, 0) is 14.1 Å². The average Bonchev–Trinajstić information content (AvgIpc) is 3.14. The lowest BCUT2D eigenvalue weighted by Crippen LogP contribution is -2.31. The minimum Gasteiger partial charge on any atom is -0.247 e. The van der Waals surface area contributed by atoms with Gasteiger partial charge in [-0.15, -0.1) is 0 Å². The molecule has 0 amide bonds. The van der Waals surface area contributed by atoms with Crippen molar-refractivity contribution in [3.05, 3.63) is 36.4 Å². The maximum Gasteiger partial charge on any atom is 0.267 e.